The molecule has 0 aromatic carbocycles. The zero-order valence-electron chi connectivity index (χ0n) is 17.6. The predicted octanol–water partition coefficient (Wildman–Crippen LogP) is 2.95. The van der Waals surface area contributed by atoms with Crippen molar-refractivity contribution in [3.05, 3.63) is 52.4 Å². The zero-order chi connectivity index (χ0) is 22.5. The fourth-order valence-corrected chi connectivity index (χ4v) is 3.86. The maximum atomic E-state index is 12.8. The van der Waals surface area contributed by atoms with Crippen molar-refractivity contribution in [3.63, 3.8) is 0 Å². The van der Waals surface area contributed by atoms with Gasteiger partial charge in [-0.2, -0.15) is 10.2 Å². The van der Waals surface area contributed by atoms with E-state index in [1.165, 1.54) is 0 Å². The van der Waals surface area contributed by atoms with E-state index in [-0.39, 0.29) is 33.8 Å². The van der Waals surface area contributed by atoms with Crippen molar-refractivity contribution < 1.29 is 23.9 Å². The molecule has 0 saturated heterocycles. The van der Waals surface area contributed by atoms with Crippen LogP contribution in [0.1, 0.15) is 56.9 Å². The molecule has 11 heteroatoms. The molecule has 1 N–H and O–H groups in total. The first-order valence-corrected chi connectivity index (χ1v) is 10.5. The van der Waals surface area contributed by atoms with Crippen LogP contribution >= 0.6 is 11.3 Å². The summed E-state index contributed by atoms with van der Waals surface area (Å²) >= 11 is 0.967. The molecular formula is C20H23N5O5S. The zero-order valence-corrected chi connectivity index (χ0v) is 18.4. The number of carbonyl (C=O) groups excluding carboxylic acids is 3. The van der Waals surface area contributed by atoms with Crippen LogP contribution in [0.4, 0.5) is 5.00 Å². The molecule has 0 aliphatic rings. The highest BCUT2D eigenvalue weighted by atomic mass is 32.1. The molecule has 31 heavy (non-hydrogen) atoms. The number of hydrogen-bond acceptors (Lipinski definition) is 8. The van der Waals surface area contributed by atoms with Gasteiger partial charge >= 0.3 is 11.9 Å². The van der Waals surface area contributed by atoms with Crippen LogP contribution in [-0.2, 0) is 16.1 Å². The van der Waals surface area contributed by atoms with E-state index in [4.69, 9.17) is 9.47 Å². The minimum Gasteiger partial charge on any atom is -0.462 e. The molecule has 0 aliphatic carbocycles. The number of anilines is 1. The number of aromatic nitrogens is 4. The average molecular weight is 446 g/mol. The van der Waals surface area contributed by atoms with E-state index in [1.54, 1.807) is 67.8 Å². The maximum Gasteiger partial charge on any atom is 0.348 e. The standard InChI is InChI=1S/C20H23N5O5S/c1-5-29-20(28)16-13(4)15(19(27)30-12(2)3)18(31-16)22-17(26)14-7-10-25(23-14)11-24-9-6-8-21-24/h6-10,12H,5,11H2,1-4H3,(H,22,26). The molecule has 0 radical (unpaired) electrons. The molecule has 0 bridgehead atoms. The second-order valence-corrected chi connectivity index (χ2v) is 7.84. The van der Waals surface area contributed by atoms with Gasteiger partial charge in [-0.25, -0.2) is 9.59 Å². The summed E-state index contributed by atoms with van der Waals surface area (Å²) < 4.78 is 13.6. The summed E-state index contributed by atoms with van der Waals surface area (Å²) in [6.07, 6.45) is 4.71. The third-order valence-corrected chi connectivity index (χ3v) is 5.29. The molecule has 0 spiro atoms. The molecule has 3 aromatic heterocycles. The summed E-state index contributed by atoms with van der Waals surface area (Å²) in [4.78, 5) is 37.9. The SMILES string of the molecule is CCOC(=O)c1sc(NC(=O)c2ccn(Cn3cccn3)n2)c(C(=O)OC(C)C)c1C. The van der Waals surface area contributed by atoms with E-state index in [0.717, 1.165) is 11.3 Å². The maximum absolute atomic E-state index is 12.8. The van der Waals surface area contributed by atoms with Crippen LogP contribution in [0.5, 0.6) is 0 Å². The van der Waals surface area contributed by atoms with Gasteiger partial charge in [0, 0.05) is 18.6 Å². The van der Waals surface area contributed by atoms with E-state index >= 15 is 0 Å². The summed E-state index contributed by atoms with van der Waals surface area (Å²) in [5.41, 5.74) is 0.679. The second-order valence-electron chi connectivity index (χ2n) is 6.82. The minimum absolute atomic E-state index is 0.131. The molecule has 0 fully saturated rings. The molecule has 0 saturated carbocycles. The lowest BCUT2D eigenvalue weighted by atomic mass is 10.1. The topological polar surface area (TPSA) is 117 Å². The largest absolute Gasteiger partial charge is 0.462 e. The number of amides is 1. The molecule has 3 heterocycles. The quantitative estimate of drug-likeness (QED) is 0.530. The Kier molecular flexibility index (Phi) is 6.85. The lowest BCUT2D eigenvalue weighted by Gasteiger charge is -2.10. The minimum atomic E-state index is -0.626. The van der Waals surface area contributed by atoms with E-state index < -0.39 is 17.8 Å². The first-order chi connectivity index (χ1) is 14.8. The Hall–Kier alpha value is -3.47. The van der Waals surface area contributed by atoms with Gasteiger partial charge in [-0.15, -0.1) is 11.3 Å². The van der Waals surface area contributed by atoms with E-state index in [2.05, 4.69) is 15.5 Å². The van der Waals surface area contributed by atoms with E-state index in [0.29, 0.717) is 12.2 Å². The highest BCUT2D eigenvalue weighted by molar-refractivity contribution is 7.18. The number of carbonyl (C=O) groups is 3. The molecular weight excluding hydrogens is 422 g/mol. The Balaban J connectivity index is 1.86. The summed E-state index contributed by atoms with van der Waals surface area (Å²) in [6.45, 7) is 7.28. The summed E-state index contributed by atoms with van der Waals surface area (Å²) in [7, 11) is 0. The smallest absolute Gasteiger partial charge is 0.348 e. The first kappa shape index (κ1) is 22.2. The van der Waals surface area contributed by atoms with Crippen molar-refractivity contribution in [1.82, 2.24) is 19.6 Å². The normalized spacial score (nSPS) is 10.9. The average Bonchev–Trinajstić information content (AvgIpc) is 3.43. The Morgan fingerprint density at radius 2 is 1.97 bits per heavy atom. The van der Waals surface area contributed by atoms with E-state index in [1.807, 2.05) is 0 Å². The number of thiophene rings is 1. The van der Waals surface area contributed by atoms with Crippen molar-refractivity contribution in [1.29, 1.82) is 0 Å². The van der Waals surface area contributed by atoms with Gasteiger partial charge in [-0.05, 0) is 45.4 Å². The Morgan fingerprint density at radius 1 is 1.19 bits per heavy atom. The van der Waals surface area contributed by atoms with Gasteiger partial charge < -0.3 is 14.8 Å². The summed E-state index contributed by atoms with van der Waals surface area (Å²) in [5, 5.41) is 11.2. The van der Waals surface area contributed by atoms with Crippen molar-refractivity contribution in [3.8, 4) is 0 Å². The van der Waals surface area contributed by atoms with Gasteiger partial charge in [0.05, 0.1) is 18.3 Å². The van der Waals surface area contributed by atoms with E-state index in [9.17, 15) is 14.4 Å². The van der Waals surface area contributed by atoms with Crippen LogP contribution in [-0.4, -0.2) is 50.1 Å². The molecule has 0 atom stereocenters. The number of hydrogen-bond donors (Lipinski definition) is 1. The first-order valence-electron chi connectivity index (χ1n) is 9.63. The second kappa shape index (κ2) is 9.56. The Bertz CT molecular complexity index is 1080. The van der Waals surface area contributed by atoms with Crippen LogP contribution < -0.4 is 5.32 Å². The van der Waals surface area contributed by atoms with Crippen molar-refractivity contribution in [2.75, 3.05) is 11.9 Å². The molecule has 0 unspecified atom stereocenters. The summed E-state index contributed by atoms with van der Waals surface area (Å²) in [6, 6.07) is 3.34. The Labute approximate surface area is 182 Å². The van der Waals surface area contributed by atoms with Crippen molar-refractivity contribution >= 4 is 34.2 Å². The van der Waals surface area contributed by atoms with Gasteiger partial charge in [-0.3, -0.25) is 14.2 Å². The van der Waals surface area contributed by atoms with Crippen LogP contribution in [0.15, 0.2) is 30.7 Å². The number of nitrogens with one attached hydrogen (secondary N) is 1. The molecule has 3 rings (SSSR count). The fraction of sp³-hybridized carbons (Fsp3) is 0.350. The third-order valence-electron chi connectivity index (χ3n) is 4.10. The molecule has 0 aliphatic heterocycles. The van der Waals surface area contributed by atoms with Gasteiger partial charge in [0.2, 0.25) is 0 Å². The van der Waals surface area contributed by atoms with Crippen molar-refractivity contribution in [2.24, 2.45) is 0 Å². The van der Waals surface area contributed by atoms with Gasteiger partial charge in [0.15, 0.2) is 5.69 Å². The third kappa shape index (κ3) is 5.18. The predicted molar refractivity (Wildman–Crippen MR) is 113 cm³/mol. The van der Waals surface area contributed by atoms with Crippen LogP contribution in [0.25, 0.3) is 0 Å². The highest BCUT2D eigenvalue weighted by Crippen LogP contribution is 2.34. The van der Waals surface area contributed by atoms with Crippen LogP contribution in [0, 0.1) is 6.92 Å². The molecule has 3 aromatic rings. The lowest BCUT2D eigenvalue weighted by Crippen LogP contribution is -2.18. The molecule has 10 nitrogen and oxygen atoms in total. The number of ether oxygens (including phenoxy) is 2. The number of esters is 2. The monoisotopic (exact) mass is 445 g/mol. The molecule has 164 valence electrons. The molecule has 1 amide bonds. The lowest BCUT2D eigenvalue weighted by molar-refractivity contribution is 0.0379. The number of nitrogens with zero attached hydrogens (tertiary/aromatic N) is 4. The van der Waals surface area contributed by atoms with Gasteiger partial charge in [0.25, 0.3) is 5.91 Å². The van der Waals surface area contributed by atoms with Crippen LogP contribution in [0.3, 0.4) is 0 Å². The Morgan fingerprint density at radius 3 is 2.61 bits per heavy atom. The van der Waals surface area contributed by atoms with Gasteiger partial charge in [-0.1, -0.05) is 0 Å². The van der Waals surface area contributed by atoms with Gasteiger partial charge in [0.1, 0.15) is 16.5 Å². The fourth-order valence-electron chi connectivity index (χ4n) is 2.77. The van der Waals surface area contributed by atoms with Crippen LogP contribution in [0.2, 0.25) is 0 Å². The highest BCUT2D eigenvalue weighted by Gasteiger charge is 2.28. The number of rotatable bonds is 8. The van der Waals surface area contributed by atoms with Crippen molar-refractivity contribution in [2.45, 2.75) is 40.5 Å². The summed E-state index contributed by atoms with van der Waals surface area (Å²) in [5.74, 6) is -1.71.